The summed E-state index contributed by atoms with van der Waals surface area (Å²) in [6, 6.07) is 6.06. The Morgan fingerprint density at radius 2 is 2.19 bits per heavy atom. The van der Waals surface area contributed by atoms with Gasteiger partial charge in [-0.25, -0.2) is 4.98 Å². The average molecular weight is 288 g/mol. The van der Waals surface area contributed by atoms with Crippen molar-refractivity contribution in [2.45, 2.75) is 25.8 Å². The first-order chi connectivity index (χ1) is 10.4. The van der Waals surface area contributed by atoms with Crippen LogP contribution >= 0.6 is 0 Å². The largest absolute Gasteiger partial charge is 0.490 e. The lowest BCUT2D eigenvalue weighted by Gasteiger charge is -2.12. The number of nitrogens with one attached hydrogen (secondary N) is 2. The minimum absolute atomic E-state index is 0.718. The summed E-state index contributed by atoms with van der Waals surface area (Å²) in [5, 5.41) is 10.1. The molecule has 0 aliphatic carbocycles. The number of benzene rings is 1. The highest BCUT2D eigenvalue weighted by molar-refractivity contribution is 5.47. The molecule has 0 amide bonds. The van der Waals surface area contributed by atoms with E-state index in [1.807, 2.05) is 12.1 Å². The number of aryl methyl sites for hydroxylation is 1. The van der Waals surface area contributed by atoms with Crippen LogP contribution in [0.3, 0.4) is 0 Å². The third-order valence-corrected chi connectivity index (χ3v) is 3.40. The van der Waals surface area contributed by atoms with E-state index in [1.165, 1.54) is 0 Å². The Kier molecular flexibility index (Phi) is 4.68. The van der Waals surface area contributed by atoms with Crippen LogP contribution in [0.2, 0.25) is 0 Å². The van der Waals surface area contributed by atoms with Crippen LogP contribution in [0, 0.1) is 0 Å². The molecule has 21 heavy (non-hydrogen) atoms. The fourth-order valence-electron chi connectivity index (χ4n) is 2.35. The van der Waals surface area contributed by atoms with Gasteiger partial charge >= 0.3 is 0 Å². The average Bonchev–Trinajstić information content (AvgIpc) is 2.90. The van der Waals surface area contributed by atoms with Crippen LogP contribution in [0.4, 0.5) is 0 Å². The highest BCUT2D eigenvalue weighted by atomic mass is 16.5. The molecule has 2 N–H and O–H groups in total. The molecule has 0 saturated carbocycles. The number of hydrogen-bond acceptors (Lipinski definition) is 5. The van der Waals surface area contributed by atoms with Crippen LogP contribution in [-0.4, -0.2) is 34.9 Å². The number of hydrogen-bond donors (Lipinski definition) is 2. The minimum Gasteiger partial charge on any atom is -0.490 e. The summed E-state index contributed by atoms with van der Waals surface area (Å²) in [6.45, 7) is 3.14. The van der Waals surface area contributed by atoms with E-state index in [4.69, 9.17) is 9.47 Å². The van der Waals surface area contributed by atoms with E-state index in [0.29, 0.717) is 0 Å². The molecule has 0 bridgehead atoms. The molecule has 3 rings (SSSR count). The van der Waals surface area contributed by atoms with Crippen LogP contribution in [-0.2, 0) is 13.0 Å². The van der Waals surface area contributed by atoms with Gasteiger partial charge in [-0.3, -0.25) is 5.10 Å². The zero-order chi connectivity index (χ0) is 14.3. The lowest BCUT2D eigenvalue weighted by atomic mass is 10.2. The summed E-state index contributed by atoms with van der Waals surface area (Å²) in [5.41, 5.74) is 1.15. The van der Waals surface area contributed by atoms with Gasteiger partial charge in [0.15, 0.2) is 11.5 Å². The second-order valence-corrected chi connectivity index (χ2v) is 5.01. The molecule has 0 fully saturated rings. The Morgan fingerprint density at radius 1 is 1.24 bits per heavy atom. The number of aromatic amines is 1. The van der Waals surface area contributed by atoms with Gasteiger partial charge in [0.05, 0.1) is 13.2 Å². The normalized spacial score (nSPS) is 13.9. The quantitative estimate of drug-likeness (QED) is 0.791. The molecule has 0 unspecified atom stereocenters. The Bertz CT molecular complexity index is 557. The molecule has 1 aliphatic heterocycles. The van der Waals surface area contributed by atoms with Crippen molar-refractivity contribution in [3.63, 3.8) is 0 Å². The predicted molar refractivity (Wildman–Crippen MR) is 78.5 cm³/mol. The summed E-state index contributed by atoms with van der Waals surface area (Å²) in [5.74, 6) is 2.67. The highest BCUT2D eigenvalue weighted by Gasteiger charge is 2.13. The first kappa shape index (κ1) is 13.9. The van der Waals surface area contributed by atoms with Crippen molar-refractivity contribution in [1.82, 2.24) is 20.5 Å². The lowest BCUT2D eigenvalue weighted by Crippen LogP contribution is -2.16. The number of ether oxygens (including phenoxy) is 2. The molecule has 2 heterocycles. The first-order valence-electron chi connectivity index (χ1n) is 7.36. The summed E-state index contributed by atoms with van der Waals surface area (Å²) in [6.07, 6.45) is 4.39. The molecular weight excluding hydrogens is 268 g/mol. The van der Waals surface area contributed by atoms with Crippen molar-refractivity contribution >= 4 is 0 Å². The highest BCUT2D eigenvalue weighted by Crippen LogP contribution is 2.33. The second-order valence-electron chi connectivity index (χ2n) is 5.01. The van der Waals surface area contributed by atoms with Gasteiger partial charge in [-0.15, -0.1) is 0 Å². The molecule has 0 atom stereocenters. The zero-order valence-corrected chi connectivity index (χ0v) is 12.0. The van der Waals surface area contributed by atoms with Crippen molar-refractivity contribution in [2.24, 2.45) is 0 Å². The molecule has 0 spiro atoms. The van der Waals surface area contributed by atoms with E-state index in [2.05, 4.69) is 26.6 Å². The Morgan fingerprint density at radius 3 is 3.10 bits per heavy atom. The lowest BCUT2D eigenvalue weighted by molar-refractivity contribution is 0.296. The van der Waals surface area contributed by atoms with Gasteiger partial charge in [0.2, 0.25) is 0 Å². The summed E-state index contributed by atoms with van der Waals surface area (Å²) < 4.78 is 11.5. The van der Waals surface area contributed by atoms with E-state index in [0.717, 1.165) is 68.5 Å². The van der Waals surface area contributed by atoms with E-state index in [1.54, 1.807) is 6.33 Å². The van der Waals surface area contributed by atoms with Crippen LogP contribution in [0.5, 0.6) is 11.5 Å². The van der Waals surface area contributed by atoms with Crippen LogP contribution in [0.1, 0.15) is 24.2 Å². The van der Waals surface area contributed by atoms with Gasteiger partial charge in [-0.1, -0.05) is 12.1 Å². The maximum absolute atomic E-state index is 5.81. The molecule has 2 aromatic rings. The van der Waals surface area contributed by atoms with E-state index in [-0.39, 0.29) is 0 Å². The maximum atomic E-state index is 5.81. The fourth-order valence-corrected chi connectivity index (χ4v) is 2.35. The molecule has 0 radical (unpaired) electrons. The van der Waals surface area contributed by atoms with Crippen LogP contribution in [0.15, 0.2) is 24.5 Å². The SMILES string of the molecule is c1cc(CNCCCc2ncn[nH]2)c2c(c1)OCCCO2. The minimum atomic E-state index is 0.718. The Balaban J connectivity index is 1.49. The van der Waals surface area contributed by atoms with Gasteiger partial charge in [0, 0.05) is 24.9 Å². The topological polar surface area (TPSA) is 72.1 Å². The van der Waals surface area contributed by atoms with Gasteiger partial charge in [0.25, 0.3) is 0 Å². The molecular formula is C15H20N4O2. The fraction of sp³-hybridized carbons (Fsp3) is 0.467. The van der Waals surface area contributed by atoms with Crippen molar-refractivity contribution in [3.05, 3.63) is 35.9 Å². The number of nitrogens with zero attached hydrogens (tertiary/aromatic N) is 2. The predicted octanol–water partition coefficient (Wildman–Crippen LogP) is 1.69. The monoisotopic (exact) mass is 288 g/mol. The van der Waals surface area contributed by atoms with Gasteiger partial charge in [-0.2, -0.15) is 5.10 Å². The van der Waals surface area contributed by atoms with E-state index in [9.17, 15) is 0 Å². The third-order valence-electron chi connectivity index (χ3n) is 3.40. The van der Waals surface area contributed by atoms with Crippen molar-refractivity contribution in [3.8, 4) is 11.5 Å². The summed E-state index contributed by atoms with van der Waals surface area (Å²) in [4.78, 5) is 4.11. The molecule has 6 heteroatoms. The Labute approximate surface area is 123 Å². The second kappa shape index (κ2) is 7.08. The van der Waals surface area contributed by atoms with E-state index >= 15 is 0 Å². The van der Waals surface area contributed by atoms with Gasteiger partial charge < -0.3 is 14.8 Å². The van der Waals surface area contributed by atoms with Crippen molar-refractivity contribution < 1.29 is 9.47 Å². The standard InChI is InChI=1S/C15H20N4O2/c1-4-12(15-13(5-1)20-8-3-9-21-15)10-16-7-2-6-14-17-11-18-19-14/h1,4-5,11,16H,2-3,6-10H2,(H,17,18,19). The number of para-hydroxylation sites is 1. The first-order valence-corrected chi connectivity index (χ1v) is 7.36. The third kappa shape index (κ3) is 3.72. The molecule has 0 saturated heterocycles. The zero-order valence-electron chi connectivity index (χ0n) is 12.0. The molecule has 6 nitrogen and oxygen atoms in total. The summed E-state index contributed by atoms with van der Waals surface area (Å²) in [7, 11) is 0. The number of rotatable bonds is 6. The maximum Gasteiger partial charge on any atom is 0.165 e. The van der Waals surface area contributed by atoms with Crippen molar-refractivity contribution in [1.29, 1.82) is 0 Å². The van der Waals surface area contributed by atoms with Gasteiger partial charge in [-0.05, 0) is 19.0 Å². The smallest absolute Gasteiger partial charge is 0.165 e. The van der Waals surface area contributed by atoms with E-state index < -0.39 is 0 Å². The number of aromatic nitrogens is 3. The molecule has 1 aliphatic rings. The van der Waals surface area contributed by atoms with Gasteiger partial charge in [0.1, 0.15) is 12.2 Å². The molecule has 1 aromatic heterocycles. The van der Waals surface area contributed by atoms with Crippen molar-refractivity contribution in [2.75, 3.05) is 19.8 Å². The number of H-pyrrole nitrogens is 1. The van der Waals surface area contributed by atoms with Crippen LogP contribution in [0.25, 0.3) is 0 Å². The molecule has 1 aromatic carbocycles. The summed E-state index contributed by atoms with van der Waals surface area (Å²) >= 11 is 0. The number of fused-ring (bicyclic) bond motifs is 1. The Hall–Kier alpha value is -2.08. The molecule has 112 valence electrons. The van der Waals surface area contributed by atoms with Crippen LogP contribution < -0.4 is 14.8 Å².